The van der Waals surface area contributed by atoms with Gasteiger partial charge in [-0.2, -0.15) is 0 Å². The smallest absolute Gasteiger partial charge is 0.274 e. The molecule has 0 aliphatic carbocycles. The van der Waals surface area contributed by atoms with Crippen molar-refractivity contribution in [3.63, 3.8) is 0 Å². The topological polar surface area (TPSA) is 90.8 Å². The lowest BCUT2D eigenvalue weighted by atomic mass is 10.1. The van der Waals surface area contributed by atoms with Crippen LogP contribution in [0.4, 0.5) is 11.4 Å². The van der Waals surface area contributed by atoms with Crippen molar-refractivity contribution in [2.24, 2.45) is 0 Å². The van der Waals surface area contributed by atoms with Gasteiger partial charge in [-0.1, -0.05) is 18.2 Å². The van der Waals surface area contributed by atoms with E-state index in [4.69, 9.17) is 12.2 Å². The van der Waals surface area contributed by atoms with Gasteiger partial charge in [0.05, 0.1) is 10.5 Å². The van der Waals surface area contributed by atoms with Crippen LogP contribution in [-0.2, 0) is 6.54 Å². The first-order chi connectivity index (χ1) is 13.9. The van der Waals surface area contributed by atoms with Crippen molar-refractivity contribution >= 4 is 34.6 Å². The third-order valence-corrected chi connectivity index (χ3v) is 5.08. The van der Waals surface area contributed by atoms with Gasteiger partial charge in [0.2, 0.25) is 0 Å². The van der Waals surface area contributed by atoms with Crippen LogP contribution < -0.4 is 15.5 Å². The second-order valence-electron chi connectivity index (χ2n) is 6.86. The van der Waals surface area contributed by atoms with Crippen LogP contribution in [0.3, 0.4) is 0 Å². The van der Waals surface area contributed by atoms with Gasteiger partial charge >= 0.3 is 0 Å². The fourth-order valence-corrected chi connectivity index (χ4v) is 3.30. The van der Waals surface area contributed by atoms with Gasteiger partial charge in [-0.25, -0.2) is 0 Å². The number of likely N-dealkylation sites (N-methyl/N-ethyl adjacent to an activating group) is 1. The minimum absolute atomic E-state index is 0.0209. The molecule has 1 amide bonds. The molecule has 1 heterocycles. The van der Waals surface area contributed by atoms with Gasteiger partial charge in [0.25, 0.3) is 11.6 Å². The highest BCUT2D eigenvalue weighted by molar-refractivity contribution is 7.80. The standard InChI is InChI=1S/C20H23N5O3S/c1-23-9-11-24(12-10-23)17-7-8-18(25(27)28)16(13-17)14-21-20(29)22-19(26)15-5-3-2-4-6-15/h2-8,13H,9-12,14H2,1H3,(H2,21,22,26,29). The molecule has 0 aromatic heterocycles. The lowest BCUT2D eigenvalue weighted by Crippen LogP contribution is -2.44. The molecule has 1 saturated heterocycles. The molecule has 0 radical (unpaired) electrons. The molecule has 2 N–H and O–H groups in total. The van der Waals surface area contributed by atoms with E-state index in [1.165, 1.54) is 6.07 Å². The van der Waals surface area contributed by atoms with Crippen LogP contribution in [-0.4, -0.2) is 54.1 Å². The lowest BCUT2D eigenvalue weighted by Gasteiger charge is -2.34. The number of hydrogen-bond acceptors (Lipinski definition) is 6. The molecule has 8 nitrogen and oxygen atoms in total. The maximum absolute atomic E-state index is 12.2. The van der Waals surface area contributed by atoms with Crippen molar-refractivity contribution in [1.29, 1.82) is 0 Å². The number of thiocarbonyl (C=S) groups is 1. The Labute approximate surface area is 174 Å². The second-order valence-corrected chi connectivity index (χ2v) is 7.27. The van der Waals surface area contributed by atoms with Crippen molar-refractivity contribution in [3.05, 3.63) is 69.8 Å². The number of anilines is 1. The first kappa shape index (κ1) is 20.7. The highest BCUT2D eigenvalue weighted by atomic mass is 32.1. The van der Waals surface area contributed by atoms with Crippen molar-refractivity contribution in [2.75, 3.05) is 38.1 Å². The SMILES string of the molecule is CN1CCN(c2ccc([N+](=O)[O-])c(CNC(=S)NC(=O)c3ccccc3)c2)CC1. The van der Waals surface area contributed by atoms with E-state index in [9.17, 15) is 14.9 Å². The fourth-order valence-electron chi connectivity index (χ4n) is 3.14. The van der Waals surface area contributed by atoms with Crippen molar-refractivity contribution < 1.29 is 9.72 Å². The van der Waals surface area contributed by atoms with E-state index in [0.29, 0.717) is 11.1 Å². The summed E-state index contributed by atoms with van der Waals surface area (Å²) in [6.07, 6.45) is 0. The fraction of sp³-hybridized carbons (Fsp3) is 0.300. The number of amides is 1. The normalized spacial score (nSPS) is 14.3. The highest BCUT2D eigenvalue weighted by Gasteiger charge is 2.19. The number of nitro benzene ring substituents is 1. The Kier molecular flexibility index (Phi) is 6.73. The maximum Gasteiger partial charge on any atom is 0.274 e. The Morgan fingerprint density at radius 2 is 1.83 bits per heavy atom. The number of rotatable bonds is 5. The zero-order valence-corrected chi connectivity index (χ0v) is 16.9. The Morgan fingerprint density at radius 3 is 2.48 bits per heavy atom. The number of piperazine rings is 1. The molecule has 1 aliphatic heterocycles. The third kappa shape index (κ3) is 5.49. The first-order valence-corrected chi connectivity index (χ1v) is 9.70. The molecular formula is C20H23N5O3S. The summed E-state index contributed by atoms with van der Waals surface area (Å²) < 4.78 is 0. The Bertz CT molecular complexity index is 898. The highest BCUT2D eigenvalue weighted by Crippen LogP contribution is 2.25. The van der Waals surface area contributed by atoms with Gasteiger partial charge in [0, 0.05) is 50.0 Å². The molecule has 152 valence electrons. The Hall–Kier alpha value is -3.04. The number of carbonyl (C=O) groups is 1. The number of benzene rings is 2. The molecule has 1 fully saturated rings. The number of nitrogens with zero attached hydrogens (tertiary/aromatic N) is 3. The van der Waals surface area contributed by atoms with E-state index in [-0.39, 0.29) is 23.3 Å². The maximum atomic E-state index is 12.2. The van der Waals surface area contributed by atoms with Gasteiger partial charge in [-0.15, -0.1) is 0 Å². The average Bonchev–Trinajstić information content (AvgIpc) is 2.73. The van der Waals surface area contributed by atoms with E-state index in [1.807, 2.05) is 12.1 Å². The van der Waals surface area contributed by atoms with Crippen LogP contribution in [0, 0.1) is 10.1 Å². The molecule has 2 aromatic rings. The summed E-state index contributed by atoms with van der Waals surface area (Å²) >= 11 is 5.18. The van der Waals surface area contributed by atoms with E-state index in [1.54, 1.807) is 30.3 Å². The van der Waals surface area contributed by atoms with Gasteiger partial charge in [0.15, 0.2) is 5.11 Å². The predicted octanol–water partition coefficient (Wildman–Crippen LogP) is 2.15. The summed E-state index contributed by atoms with van der Waals surface area (Å²) in [6.45, 7) is 3.77. The summed E-state index contributed by atoms with van der Waals surface area (Å²) in [6, 6.07) is 13.8. The quantitative estimate of drug-likeness (QED) is 0.441. The van der Waals surface area contributed by atoms with E-state index < -0.39 is 4.92 Å². The van der Waals surface area contributed by atoms with Crippen molar-refractivity contribution in [3.8, 4) is 0 Å². The third-order valence-electron chi connectivity index (χ3n) is 4.83. The van der Waals surface area contributed by atoms with Crippen LogP contribution in [0.1, 0.15) is 15.9 Å². The summed E-state index contributed by atoms with van der Waals surface area (Å²) in [5.74, 6) is -0.330. The van der Waals surface area contributed by atoms with E-state index in [2.05, 4.69) is 27.5 Å². The van der Waals surface area contributed by atoms with E-state index in [0.717, 1.165) is 31.9 Å². The Balaban J connectivity index is 1.66. The van der Waals surface area contributed by atoms with Crippen molar-refractivity contribution in [2.45, 2.75) is 6.54 Å². The van der Waals surface area contributed by atoms with E-state index >= 15 is 0 Å². The molecular weight excluding hydrogens is 390 g/mol. The molecule has 0 atom stereocenters. The molecule has 3 rings (SSSR count). The number of nitrogens with one attached hydrogen (secondary N) is 2. The summed E-state index contributed by atoms with van der Waals surface area (Å²) in [5, 5.41) is 17.0. The zero-order valence-electron chi connectivity index (χ0n) is 16.1. The summed E-state index contributed by atoms with van der Waals surface area (Å²) in [4.78, 5) is 27.6. The minimum atomic E-state index is -0.406. The molecule has 9 heteroatoms. The summed E-state index contributed by atoms with van der Waals surface area (Å²) in [5.41, 5.74) is 1.97. The molecule has 1 aliphatic rings. The minimum Gasteiger partial charge on any atom is -0.369 e. The van der Waals surface area contributed by atoms with Crippen LogP contribution in [0.25, 0.3) is 0 Å². The molecule has 0 saturated carbocycles. The average molecular weight is 414 g/mol. The Morgan fingerprint density at radius 1 is 1.14 bits per heavy atom. The lowest BCUT2D eigenvalue weighted by molar-refractivity contribution is -0.385. The molecule has 2 aromatic carbocycles. The molecule has 0 unspecified atom stereocenters. The van der Waals surface area contributed by atoms with Gasteiger partial charge in [-0.05, 0) is 43.5 Å². The number of nitro groups is 1. The van der Waals surface area contributed by atoms with Gasteiger partial charge in [-0.3, -0.25) is 20.2 Å². The molecule has 0 spiro atoms. The zero-order chi connectivity index (χ0) is 20.8. The first-order valence-electron chi connectivity index (χ1n) is 9.29. The molecule has 0 bridgehead atoms. The second kappa shape index (κ2) is 9.44. The van der Waals surface area contributed by atoms with Crippen LogP contribution in [0.2, 0.25) is 0 Å². The summed E-state index contributed by atoms with van der Waals surface area (Å²) in [7, 11) is 2.08. The number of hydrogen-bond donors (Lipinski definition) is 2. The molecule has 29 heavy (non-hydrogen) atoms. The van der Waals surface area contributed by atoms with Crippen molar-refractivity contribution in [1.82, 2.24) is 15.5 Å². The monoisotopic (exact) mass is 413 g/mol. The predicted molar refractivity (Wildman–Crippen MR) is 116 cm³/mol. The number of carbonyl (C=O) groups excluding carboxylic acids is 1. The van der Waals surface area contributed by atoms with Crippen LogP contribution >= 0.6 is 12.2 Å². The van der Waals surface area contributed by atoms with Gasteiger partial charge < -0.3 is 15.1 Å². The largest absolute Gasteiger partial charge is 0.369 e. The van der Waals surface area contributed by atoms with Gasteiger partial charge in [0.1, 0.15) is 0 Å². The van der Waals surface area contributed by atoms with Crippen LogP contribution in [0.5, 0.6) is 0 Å². The van der Waals surface area contributed by atoms with Crippen LogP contribution in [0.15, 0.2) is 48.5 Å².